The molecule has 0 aromatic heterocycles. The van der Waals surface area contributed by atoms with Gasteiger partial charge in [0.05, 0.1) is 12.2 Å². The van der Waals surface area contributed by atoms with E-state index < -0.39 is 23.4 Å². The van der Waals surface area contributed by atoms with Crippen molar-refractivity contribution < 1.29 is 23.8 Å². The largest absolute Gasteiger partial charge is 0.478 e. The summed E-state index contributed by atoms with van der Waals surface area (Å²) in [6.45, 7) is 3.45. The van der Waals surface area contributed by atoms with Crippen molar-refractivity contribution in [3.8, 4) is 0 Å². The number of aromatic carboxylic acids is 1. The van der Waals surface area contributed by atoms with Gasteiger partial charge in [-0.05, 0) is 24.6 Å². The van der Waals surface area contributed by atoms with Gasteiger partial charge in [-0.15, -0.1) is 0 Å². The maximum absolute atomic E-state index is 13.2. The summed E-state index contributed by atoms with van der Waals surface area (Å²) in [4.78, 5) is 22.3. The average molecular weight is 298 g/mol. The Morgan fingerprint density at radius 1 is 1.33 bits per heavy atom. The van der Waals surface area contributed by atoms with Crippen molar-refractivity contribution in [2.24, 2.45) is 0 Å². The molecule has 1 aromatic carbocycles. The zero-order chi connectivity index (χ0) is 15.7. The van der Waals surface area contributed by atoms with Gasteiger partial charge in [0.15, 0.2) is 0 Å². The molecule has 0 spiro atoms. The highest BCUT2D eigenvalue weighted by molar-refractivity contribution is 5.93. The number of carbonyl (C=O) groups excluding carboxylic acids is 1. The Morgan fingerprint density at radius 3 is 2.76 bits per heavy atom. The van der Waals surface area contributed by atoms with Crippen LogP contribution in [0.4, 0.5) is 14.9 Å². The van der Waals surface area contributed by atoms with E-state index in [0.29, 0.717) is 19.8 Å². The number of halogens is 1. The van der Waals surface area contributed by atoms with Gasteiger partial charge in [0, 0.05) is 18.8 Å². The maximum Gasteiger partial charge on any atom is 0.338 e. The summed E-state index contributed by atoms with van der Waals surface area (Å²) in [7, 11) is 0. The van der Waals surface area contributed by atoms with Crippen molar-refractivity contribution in [1.29, 1.82) is 0 Å². The number of urea groups is 1. The fourth-order valence-corrected chi connectivity index (χ4v) is 1.53. The van der Waals surface area contributed by atoms with Crippen LogP contribution in [0.2, 0.25) is 0 Å². The average Bonchev–Trinajstić information content (AvgIpc) is 2.44. The van der Waals surface area contributed by atoms with Gasteiger partial charge in [0.1, 0.15) is 5.82 Å². The second-order valence-corrected chi connectivity index (χ2v) is 4.35. The predicted octanol–water partition coefficient (Wildman–Crippen LogP) is 2.46. The Morgan fingerprint density at radius 2 is 2.10 bits per heavy atom. The third-order valence-electron chi connectivity index (χ3n) is 2.63. The minimum Gasteiger partial charge on any atom is -0.478 e. The Labute approximate surface area is 122 Å². The summed E-state index contributed by atoms with van der Waals surface area (Å²) in [5, 5.41) is 13.8. The zero-order valence-corrected chi connectivity index (χ0v) is 11.8. The molecule has 2 amide bonds. The van der Waals surface area contributed by atoms with Crippen LogP contribution in [-0.2, 0) is 4.74 Å². The van der Waals surface area contributed by atoms with Crippen LogP contribution in [0, 0.1) is 5.82 Å². The number of ether oxygens (including phenoxy) is 1. The minimum atomic E-state index is -1.39. The van der Waals surface area contributed by atoms with E-state index >= 15 is 0 Å². The Bertz CT molecular complexity index is 494. The van der Waals surface area contributed by atoms with Crippen LogP contribution in [0.1, 0.15) is 30.1 Å². The van der Waals surface area contributed by atoms with E-state index in [-0.39, 0.29) is 5.69 Å². The van der Waals surface area contributed by atoms with E-state index in [9.17, 15) is 14.0 Å². The fourth-order valence-electron chi connectivity index (χ4n) is 1.53. The molecular formula is C14H19FN2O4. The number of hydrogen-bond acceptors (Lipinski definition) is 3. The van der Waals surface area contributed by atoms with Crippen LogP contribution in [0.25, 0.3) is 0 Å². The van der Waals surface area contributed by atoms with Crippen LogP contribution in [0.5, 0.6) is 0 Å². The Kier molecular flexibility index (Phi) is 7.17. The summed E-state index contributed by atoms with van der Waals surface area (Å²) in [6, 6.07) is 2.85. The fraction of sp³-hybridized carbons (Fsp3) is 0.429. The quantitative estimate of drug-likeness (QED) is 0.643. The molecule has 0 saturated heterocycles. The number of carboxylic acid groups (broad SMARTS) is 1. The first-order valence-electron chi connectivity index (χ1n) is 6.70. The van der Waals surface area contributed by atoms with Gasteiger partial charge in [-0.3, -0.25) is 0 Å². The molecule has 7 heteroatoms. The van der Waals surface area contributed by atoms with Gasteiger partial charge in [-0.1, -0.05) is 13.3 Å². The lowest BCUT2D eigenvalue weighted by atomic mass is 10.2. The van der Waals surface area contributed by atoms with Crippen LogP contribution in [-0.4, -0.2) is 36.9 Å². The third kappa shape index (κ3) is 6.22. The van der Waals surface area contributed by atoms with E-state index in [1.54, 1.807) is 0 Å². The van der Waals surface area contributed by atoms with Crippen LogP contribution >= 0.6 is 0 Å². The Balaban J connectivity index is 2.38. The predicted molar refractivity (Wildman–Crippen MR) is 76.1 cm³/mol. The normalized spacial score (nSPS) is 10.2. The van der Waals surface area contributed by atoms with Crippen molar-refractivity contribution in [3.05, 3.63) is 29.6 Å². The van der Waals surface area contributed by atoms with Crippen molar-refractivity contribution in [2.45, 2.75) is 19.8 Å². The molecule has 21 heavy (non-hydrogen) atoms. The molecule has 1 aromatic rings. The highest BCUT2D eigenvalue weighted by Gasteiger charge is 2.11. The summed E-state index contributed by atoms with van der Waals surface area (Å²) < 4.78 is 18.5. The molecule has 0 saturated carbocycles. The van der Waals surface area contributed by atoms with Gasteiger partial charge < -0.3 is 20.5 Å². The standard InChI is InChI=1S/C14H19FN2O4/c1-2-3-7-21-8-6-16-14(20)17-10-4-5-12(15)11(9-10)13(18)19/h4-5,9H,2-3,6-8H2,1H3,(H,18,19)(H2,16,17,20). The Hall–Kier alpha value is -2.15. The van der Waals surface area contributed by atoms with E-state index in [4.69, 9.17) is 9.84 Å². The van der Waals surface area contributed by atoms with E-state index in [2.05, 4.69) is 17.6 Å². The maximum atomic E-state index is 13.2. The van der Waals surface area contributed by atoms with Crippen LogP contribution in [0.15, 0.2) is 18.2 Å². The van der Waals surface area contributed by atoms with E-state index in [1.807, 2.05) is 0 Å². The number of hydrogen-bond donors (Lipinski definition) is 3. The number of anilines is 1. The van der Waals surface area contributed by atoms with Gasteiger partial charge in [0.2, 0.25) is 0 Å². The molecule has 6 nitrogen and oxygen atoms in total. The number of amides is 2. The van der Waals surface area contributed by atoms with Gasteiger partial charge in [0.25, 0.3) is 0 Å². The number of rotatable bonds is 8. The first-order valence-corrected chi connectivity index (χ1v) is 6.70. The molecule has 0 aliphatic carbocycles. The second kappa shape index (κ2) is 8.91. The van der Waals surface area contributed by atoms with Crippen LogP contribution in [0.3, 0.4) is 0 Å². The topological polar surface area (TPSA) is 87.7 Å². The molecule has 1 rings (SSSR count). The molecule has 0 atom stereocenters. The molecule has 0 aliphatic rings. The highest BCUT2D eigenvalue weighted by Crippen LogP contribution is 2.14. The lowest BCUT2D eigenvalue weighted by Gasteiger charge is -2.09. The summed E-state index contributed by atoms with van der Waals surface area (Å²) in [6.07, 6.45) is 2.02. The van der Waals surface area contributed by atoms with Gasteiger partial charge in [-0.2, -0.15) is 0 Å². The summed E-state index contributed by atoms with van der Waals surface area (Å²) in [5.41, 5.74) is -0.283. The van der Waals surface area contributed by atoms with Gasteiger partial charge in [-0.25, -0.2) is 14.0 Å². The van der Waals surface area contributed by atoms with Gasteiger partial charge >= 0.3 is 12.0 Å². The smallest absolute Gasteiger partial charge is 0.338 e. The minimum absolute atomic E-state index is 0.207. The molecule has 3 N–H and O–H groups in total. The second-order valence-electron chi connectivity index (χ2n) is 4.35. The number of carboxylic acids is 1. The van der Waals surface area contributed by atoms with Crippen molar-refractivity contribution in [1.82, 2.24) is 5.32 Å². The molecule has 0 radical (unpaired) electrons. The number of benzene rings is 1. The molecule has 0 aliphatic heterocycles. The molecule has 0 bridgehead atoms. The monoisotopic (exact) mass is 298 g/mol. The lowest BCUT2D eigenvalue weighted by molar-refractivity contribution is 0.0692. The lowest BCUT2D eigenvalue weighted by Crippen LogP contribution is -2.31. The first-order chi connectivity index (χ1) is 10.0. The molecule has 0 heterocycles. The van der Waals surface area contributed by atoms with Crippen molar-refractivity contribution in [3.63, 3.8) is 0 Å². The van der Waals surface area contributed by atoms with Crippen LogP contribution < -0.4 is 10.6 Å². The highest BCUT2D eigenvalue weighted by atomic mass is 19.1. The van der Waals surface area contributed by atoms with Crippen molar-refractivity contribution >= 4 is 17.7 Å². The number of unbranched alkanes of at least 4 members (excludes halogenated alkanes) is 1. The summed E-state index contributed by atoms with van der Waals surface area (Å²) >= 11 is 0. The zero-order valence-electron chi connectivity index (χ0n) is 11.8. The van der Waals surface area contributed by atoms with E-state index in [1.165, 1.54) is 6.07 Å². The van der Waals surface area contributed by atoms with Crippen molar-refractivity contribution in [2.75, 3.05) is 25.1 Å². The first kappa shape index (κ1) is 16.9. The third-order valence-corrected chi connectivity index (χ3v) is 2.63. The molecule has 0 fully saturated rings. The molecule has 0 unspecified atom stereocenters. The SMILES string of the molecule is CCCCOCCNC(=O)Nc1ccc(F)c(C(=O)O)c1. The van der Waals surface area contributed by atoms with E-state index in [0.717, 1.165) is 25.0 Å². The summed E-state index contributed by atoms with van der Waals surface area (Å²) in [5.74, 6) is -2.24. The number of nitrogens with one attached hydrogen (secondary N) is 2. The molecular weight excluding hydrogens is 279 g/mol. The number of carbonyl (C=O) groups is 2. The molecule has 116 valence electrons.